The number of thioether (sulfide) groups is 1. The standard InChI is InChI=1S/C12H22N4OS/c1-5-13-10-8-11(16-12(15-10)18-4)14-6-7-17-9(2)3/h8-9H,5-7H2,1-4H3,(H2,13,14,15,16). The maximum Gasteiger partial charge on any atom is 0.191 e. The van der Waals surface area contributed by atoms with E-state index >= 15 is 0 Å². The molecule has 0 aliphatic heterocycles. The smallest absolute Gasteiger partial charge is 0.191 e. The third kappa shape index (κ3) is 5.55. The molecule has 0 radical (unpaired) electrons. The van der Waals surface area contributed by atoms with Gasteiger partial charge in [0.2, 0.25) is 0 Å². The van der Waals surface area contributed by atoms with Gasteiger partial charge in [-0.3, -0.25) is 0 Å². The molecule has 1 heterocycles. The first-order valence-corrected chi connectivity index (χ1v) is 7.40. The molecular formula is C12H22N4OS. The Balaban J connectivity index is 2.55. The Morgan fingerprint density at radius 3 is 2.50 bits per heavy atom. The zero-order valence-electron chi connectivity index (χ0n) is 11.5. The monoisotopic (exact) mass is 270 g/mol. The number of anilines is 2. The van der Waals surface area contributed by atoms with Crippen LogP contribution in [0.5, 0.6) is 0 Å². The molecule has 102 valence electrons. The molecule has 0 aliphatic rings. The normalized spacial score (nSPS) is 10.7. The van der Waals surface area contributed by atoms with Crippen LogP contribution in [0.4, 0.5) is 11.6 Å². The zero-order chi connectivity index (χ0) is 13.4. The predicted octanol–water partition coefficient (Wildman–Crippen LogP) is 2.47. The average Bonchev–Trinajstić information content (AvgIpc) is 2.34. The van der Waals surface area contributed by atoms with Crippen LogP contribution in [0.1, 0.15) is 20.8 Å². The highest BCUT2D eigenvalue weighted by atomic mass is 32.2. The van der Waals surface area contributed by atoms with Gasteiger partial charge >= 0.3 is 0 Å². The minimum absolute atomic E-state index is 0.260. The van der Waals surface area contributed by atoms with Gasteiger partial charge in [0.05, 0.1) is 12.7 Å². The molecule has 0 bridgehead atoms. The Bertz CT molecular complexity index is 360. The van der Waals surface area contributed by atoms with Crippen molar-refractivity contribution in [3.63, 3.8) is 0 Å². The second-order valence-corrected chi connectivity index (χ2v) is 4.78. The van der Waals surface area contributed by atoms with Crippen LogP contribution in [-0.2, 0) is 4.74 Å². The lowest BCUT2D eigenvalue weighted by atomic mass is 10.4. The maximum atomic E-state index is 5.47. The second kappa shape index (κ2) is 8.16. The summed E-state index contributed by atoms with van der Waals surface area (Å²) in [6.07, 6.45) is 2.23. The Morgan fingerprint density at radius 2 is 1.94 bits per heavy atom. The fraction of sp³-hybridized carbons (Fsp3) is 0.667. The first-order chi connectivity index (χ1) is 8.65. The lowest BCUT2D eigenvalue weighted by molar-refractivity contribution is 0.0870. The molecule has 1 aromatic heterocycles. The number of ether oxygens (including phenoxy) is 1. The van der Waals surface area contributed by atoms with Gasteiger partial charge in [0, 0.05) is 19.2 Å². The van der Waals surface area contributed by atoms with Gasteiger partial charge in [0.15, 0.2) is 5.16 Å². The summed E-state index contributed by atoms with van der Waals surface area (Å²) in [6, 6.07) is 1.92. The predicted molar refractivity (Wildman–Crippen MR) is 77.6 cm³/mol. The van der Waals surface area contributed by atoms with Crippen LogP contribution in [0.2, 0.25) is 0 Å². The molecule has 0 unspecified atom stereocenters. The van der Waals surface area contributed by atoms with Gasteiger partial charge in [-0.05, 0) is 27.0 Å². The van der Waals surface area contributed by atoms with Gasteiger partial charge in [0.25, 0.3) is 0 Å². The van der Waals surface area contributed by atoms with Crippen molar-refractivity contribution >= 4 is 23.4 Å². The summed E-state index contributed by atoms with van der Waals surface area (Å²) >= 11 is 1.53. The molecule has 0 aliphatic carbocycles. The molecule has 0 saturated carbocycles. The van der Waals surface area contributed by atoms with Crippen LogP contribution in [0.15, 0.2) is 11.2 Å². The SMILES string of the molecule is CCNc1cc(NCCOC(C)C)nc(SC)n1. The van der Waals surface area contributed by atoms with Crippen molar-refractivity contribution < 1.29 is 4.74 Å². The molecular weight excluding hydrogens is 248 g/mol. The van der Waals surface area contributed by atoms with Crippen LogP contribution in [-0.4, -0.2) is 42.0 Å². The molecule has 0 saturated heterocycles. The van der Waals surface area contributed by atoms with E-state index in [0.29, 0.717) is 6.61 Å². The quantitative estimate of drug-likeness (QED) is 0.430. The van der Waals surface area contributed by atoms with E-state index in [1.54, 1.807) is 0 Å². The van der Waals surface area contributed by atoms with Crippen LogP contribution in [0.3, 0.4) is 0 Å². The van der Waals surface area contributed by atoms with Crippen LogP contribution >= 0.6 is 11.8 Å². The average molecular weight is 270 g/mol. The summed E-state index contributed by atoms with van der Waals surface area (Å²) in [5.74, 6) is 1.68. The van der Waals surface area contributed by atoms with E-state index in [1.807, 2.05) is 33.1 Å². The first kappa shape index (κ1) is 15.0. The number of hydrogen-bond donors (Lipinski definition) is 2. The molecule has 2 N–H and O–H groups in total. The maximum absolute atomic E-state index is 5.47. The van der Waals surface area contributed by atoms with E-state index < -0.39 is 0 Å². The molecule has 0 amide bonds. The van der Waals surface area contributed by atoms with Crippen LogP contribution < -0.4 is 10.6 Å². The molecule has 5 nitrogen and oxygen atoms in total. The molecule has 0 fully saturated rings. The first-order valence-electron chi connectivity index (χ1n) is 6.18. The van der Waals surface area contributed by atoms with E-state index in [0.717, 1.165) is 29.9 Å². The molecule has 1 aromatic rings. The second-order valence-electron chi connectivity index (χ2n) is 4.00. The molecule has 6 heteroatoms. The lowest BCUT2D eigenvalue weighted by Crippen LogP contribution is -2.14. The molecule has 0 atom stereocenters. The van der Waals surface area contributed by atoms with Gasteiger partial charge in [0.1, 0.15) is 11.6 Å². The van der Waals surface area contributed by atoms with Crippen molar-refractivity contribution in [1.29, 1.82) is 0 Å². The van der Waals surface area contributed by atoms with Crippen molar-refractivity contribution in [2.75, 3.05) is 36.6 Å². The Hall–Kier alpha value is -1.01. The summed E-state index contributed by atoms with van der Waals surface area (Å²) < 4.78 is 5.47. The van der Waals surface area contributed by atoms with E-state index in [4.69, 9.17) is 4.74 Å². The summed E-state index contributed by atoms with van der Waals surface area (Å²) in [6.45, 7) is 8.37. The molecule has 1 rings (SSSR count). The van der Waals surface area contributed by atoms with Gasteiger partial charge in [-0.2, -0.15) is 0 Å². The largest absolute Gasteiger partial charge is 0.377 e. The molecule has 0 aromatic carbocycles. The Morgan fingerprint density at radius 1 is 1.28 bits per heavy atom. The number of hydrogen-bond acceptors (Lipinski definition) is 6. The topological polar surface area (TPSA) is 59.1 Å². The highest BCUT2D eigenvalue weighted by Gasteiger charge is 2.03. The van der Waals surface area contributed by atoms with Gasteiger partial charge < -0.3 is 15.4 Å². The number of rotatable bonds is 8. The van der Waals surface area contributed by atoms with Gasteiger partial charge in [-0.1, -0.05) is 11.8 Å². The van der Waals surface area contributed by atoms with Crippen LogP contribution in [0.25, 0.3) is 0 Å². The Kier molecular flexibility index (Phi) is 6.82. The van der Waals surface area contributed by atoms with Crippen molar-refractivity contribution in [1.82, 2.24) is 9.97 Å². The van der Waals surface area contributed by atoms with Crippen molar-refractivity contribution in [2.45, 2.75) is 32.0 Å². The summed E-state index contributed by atoms with van der Waals surface area (Å²) in [5.41, 5.74) is 0. The highest BCUT2D eigenvalue weighted by Crippen LogP contribution is 2.16. The minimum Gasteiger partial charge on any atom is -0.377 e. The lowest BCUT2D eigenvalue weighted by Gasteiger charge is -2.11. The number of nitrogens with one attached hydrogen (secondary N) is 2. The van der Waals surface area contributed by atoms with Crippen molar-refractivity contribution in [3.8, 4) is 0 Å². The minimum atomic E-state index is 0.260. The highest BCUT2D eigenvalue weighted by molar-refractivity contribution is 7.98. The molecule has 18 heavy (non-hydrogen) atoms. The third-order valence-electron chi connectivity index (χ3n) is 2.11. The van der Waals surface area contributed by atoms with E-state index in [-0.39, 0.29) is 6.10 Å². The fourth-order valence-electron chi connectivity index (χ4n) is 1.35. The van der Waals surface area contributed by atoms with Crippen molar-refractivity contribution in [3.05, 3.63) is 6.07 Å². The summed E-state index contributed by atoms with van der Waals surface area (Å²) in [7, 11) is 0. The van der Waals surface area contributed by atoms with E-state index in [2.05, 4.69) is 20.6 Å². The summed E-state index contributed by atoms with van der Waals surface area (Å²) in [5, 5.41) is 7.20. The fourth-order valence-corrected chi connectivity index (χ4v) is 1.73. The van der Waals surface area contributed by atoms with Crippen molar-refractivity contribution in [2.24, 2.45) is 0 Å². The number of aromatic nitrogens is 2. The van der Waals surface area contributed by atoms with E-state index in [9.17, 15) is 0 Å². The zero-order valence-corrected chi connectivity index (χ0v) is 12.3. The summed E-state index contributed by atoms with van der Waals surface area (Å²) in [4.78, 5) is 8.76. The van der Waals surface area contributed by atoms with Gasteiger partial charge in [-0.15, -0.1) is 0 Å². The third-order valence-corrected chi connectivity index (χ3v) is 2.65. The molecule has 0 spiro atoms. The van der Waals surface area contributed by atoms with E-state index in [1.165, 1.54) is 11.8 Å². The van der Waals surface area contributed by atoms with Gasteiger partial charge in [-0.25, -0.2) is 9.97 Å². The Labute approximate surface area is 113 Å². The number of nitrogens with zero attached hydrogens (tertiary/aromatic N) is 2. The van der Waals surface area contributed by atoms with Crippen LogP contribution in [0, 0.1) is 0 Å².